The molecule has 6 N–H and O–H groups in total. The summed E-state index contributed by atoms with van der Waals surface area (Å²) in [5.41, 5.74) is 4.84. The third-order valence-electron chi connectivity index (χ3n) is 3.23. The van der Waals surface area contributed by atoms with Crippen molar-refractivity contribution in [3.63, 3.8) is 0 Å². The van der Waals surface area contributed by atoms with Gasteiger partial charge in [0.05, 0.1) is 18.8 Å². The van der Waals surface area contributed by atoms with Crippen LogP contribution < -0.4 is 11.1 Å². The van der Waals surface area contributed by atoms with Crippen molar-refractivity contribution in [3.05, 3.63) is 0 Å². The maximum atomic E-state index is 9.12. The summed E-state index contributed by atoms with van der Waals surface area (Å²) in [7, 11) is 0. The van der Waals surface area contributed by atoms with Crippen LogP contribution >= 0.6 is 0 Å². The lowest BCUT2D eigenvalue weighted by atomic mass is 9.98. The third kappa shape index (κ3) is 3.33. The van der Waals surface area contributed by atoms with Crippen LogP contribution in [0.3, 0.4) is 0 Å². The van der Waals surface area contributed by atoms with Gasteiger partial charge in [-0.05, 0) is 25.2 Å². The van der Waals surface area contributed by atoms with Crippen LogP contribution in [0, 0.1) is 5.41 Å². The number of nitrogens with zero attached hydrogens (tertiary/aromatic N) is 1. The fourth-order valence-corrected chi connectivity index (χ4v) is 1.58. The van der Waals surface area contributed by atoms with E-state index in [0.717, 1.165) is 12.8 Å². The molecule has 0 aromatic carbocycles. The van der Waals surface area contributed by atoms with Gasteiger partial charge in [-0.1, -0.05) is 5.16 Å². The SMILES string of the molecule is CC(CO)(CO)NCC1(CC(N)=NO)CC1. The van der Waals surface area contributed by atoms with E-state index in [4.69, 9.17) is 21.2 Å². The Morgan fingerprint density at radius 1 is 1.44 bits per heavy atom. The first-order chi connectivity index (χ1) is 7.49. The molecule has 1 fully saturated rings. The van der Waals surface area contributed by atoms with E-state index in [-0.39, 0.29) is 24.5 Å². The molecule has 0 amide bonds. The molecule has 0 aliphatic heterocycles. The summed E-state index contributed by atoms with van der Waals surface area (Å²) in [5, 5.41) is 32.9. The number of hydrogen-bond donors (Lipinski definition) is 5. The Labute approximate surface area is 95.1 Å². The van der Waals surface area contributed by atoms with Crippen molar-refractivity contribution in [1.29, 1.82) is 0 Å². The highest BCUT2D eigenvalue weighted by atomic mass is 16.4. The van der Waals surface area contributed by atoms with Crippen LogP contribution in [0.1, 0.15) is 26.2 Å². The van der Waals surface area contributed by atoms with Crippen molar-refractivity contribution in [2.45, 2.75) is 31.7 Å². The number of amidine groups is 1. The van der Waals surface area contributed by atoms with Gasteiger partial charge in [0.2, 0.25) is 0 Å². The summed E-state index contributed by atoms with van der Waals surface area (Å²) in [6, 6.07) is 0. The molecular weight excluding hydrogens is 210 g/mol. The molecule has 1 aliphatic carbocycles. The highest BCUT2D eigenvalue weighted by molar-refractivity contribution is 5.80. The summed E-state index contributed by atoms with van der Waals surface area (Å²) < 4.78 is 0. The molecule has 0 heterocycles. The predicted octanol–water partition coefficient (Wildman–Crippen LogP) is -0.764. The van der Waals surface area contributed by atoms with Gasteiger partial charge in [-0.3, -0.25) is 0 Å². The van der Waals surface area contributed by atoms with Gasteiger partial charge in [-0.15, -0.1) is 0 Å². The second-order valence-corrected chi connectivity index (χ2v) is 5.00. The van der Waals surface area contributed by atoms with E-state index < -0.39 is 5.54 Å². The third-order valence-corrected chi connectivity index (χ3v) is 3.23. The van der Waals surface area contributed by atoms with Gasteiger partial charge in [0.1, 0.15) is 5.84 Å². The van der Waals surface area contributed by atoms with Gasteiger partial charge >= 0.3 is 0 Å². The number of aliphatic hydroxyl groups excluding tert-OH is 2. The van der Waals surface area contributed by atoms with Crippen molar-refractivity contribution < 1.29 is 15.4 Å². The van der Waals surface area contributed by atoms with E-state index in [9.17, 15) is 0 Å². The number of rotatable bonds is 7. The standard InChI is InChI=1S/C10H21N3O3/c1-9(6-14,7-15)12-5-10(2-3-10)4-8(11)13-16/h12,14-16H,2-7H2,1H3,(H2,11,13). The minimum absolute atomic E-state index is 0.0297. The number of aliphatic hydroxyl groups is 2. The molecule has 1 rings (SSSR count). The number of nitrogens with two attached hydrogens (primary N) is 1. The largest absolute Gasteiger partial charge is 0.409 e. The maximum Gasteiger partial charge on any atom is 0.139 e. The minimum Gasteiger partial charge on any atom is -0.409 e. The van der Waals surface area contributed by atoms with Crippen LogP contribution in [0.25, 0.3) is 0 Å². The Morgan fingerprint density at radius 3 is 2.38 bits per heavy atom. The lowest BCUT2D eigenvalue weighted by Crippen LogP contribution is -2.51. The average molecular weight is 231 g/mol. The van der Waals surface area contributed by atoms with Gasteiger partial charge in [0.15, 0.2) is 0 Å². The van der Waals surface area contributed by atoms with E-state index >= 15 is 0 Å². The van der Waals surface area contributed by atoms with Crippen molar-refractivity contribution in [2.24, 2.45) is 16.3 Å². The Hall–Kier alpha value is -0.850. The molecule has 0 atom stereocenters. The average Bonchev–Trinajstić information content (AvgIpc) is 3.06. The second-order valence-electron chi connectivity index (χ2n) is 5.00. The molecule has 0 aromatic rings. The summed E-state index contributed by atoms with van der Waals surface area (Å²) in [5.74, 6) is 0.231. The summed E-state index contributed by atoms with van der Waals surface area (Å²) >= 11 is 0. The molecule has 1 aliphatic rings. The predicted molar refractivity (Wildman–Crippen MR) is 60.3 cm³/mol. The fraction of sp³-hybridized carbons (Fsp3) is 0.900. The second kappa shape index (κ2) is 4.99. The molecule has 0 saturated heterocycles. The Balaban J connectivity index is 2.43. The first kappa shape index (κ1) is 13.2. The van der Waals surface area contributed by atoms with Crippen LogP contribution in [0.5, 0.6) is 0 Å². The summed E-state index contributed by atoms with van der Waals surface area (Å²) in [4.78, 5) is 0. The lowest BCUT2D eigenvalue weighted by molar-refractivity contribution is 0.0994. The molecule has 0 aromatic heterocycles. The summed E-state index contributed by atoms with van der Waals surface area (Å²) in [6.45, 7) is 2.17. The zero-order valence-electron chi connectivity index (χ0n) is 9.61. The Morgan fingerprint density at radius 2 is 2.00 bits per heavy atom. The molecule has 0 spiro atoms. The first-order valence-corrected chi connectivity index (χ1v) is 5.42. The number of hydrogen-bond acceptors (Lipinski definition) is 5. The number of nitrogens with one attached hydrogen (secondary N) is 1. The highest BCUT2D eigenvalue weighted by Crippen LogP contribution is 2.48. The van der Waals surface area contributed by atoms with Gasteiger partial charge in [-0.2, -0.15) is 0 Å². The van der Waals surface area contributed by atoms with Gasteiger partial charge in [-0.25, -0.2) is 0 Å². The van der Waals surface area contributed by atoms with Crippen LogP contribution in [-0.4, -0.2) is 46.6 Å². The van der Waals surface area contributed by atoms with Crippen LogP contribution in [0.2, 0.25) is 0 Å². The molecule has 1 saturated carbocycles. The highest BCUT2D eigenvalue weighted by Gasteiger charge is 2.44. The van der Waals surface area contributed by atoms with Crippen molar-refractivity contribution >= 4 is 5.84 Å². The molecule has 94 valence electrons. The van der Waals surface area contributed by atoms with Crippen molar-refractivity contribution in [1.82, 2.24) is 5.32 Å². The van der Waals surface area contributed by atoms with Crippen molar-refractivity contribution in [3.8, 4) is 0 Å². The lowest BCUT2D eigenvalue weighted by Gasteiger charge is -2.29. The van der Waals surface area contributed by atoms with E-state index in [1.54, 1.807) is 6.92 Å². The van der Waals surface area contributed by atoms with Gasteiger partial charge < -0.3 is 26.5 Å². The van der Waals surface area contributed by atoms with Crippen molar-refractivity contribution in [2.75, 3.05) is 19.8 Å². The van der Waals surface area contributed by atoms with E-state index in [0.29, 0.717) is 13.0 Å². The van der Waals surface area contributed by atoms with Gasteiger partial charge in [0, 0.05) is 13.0 Å². The van der Waals surface area contributed by atoms with E-state index in [2.05, 4.69) is 10.5 Å². The van der Waals surface area contributed by atoms with Crippen LogP contribution in [-0.2, 0) is 0 Å². The quantitative estimate of drug-likeness (QED) is 0.171. The van der Waals surface area contributed by atoms with Crippen LogP contribution in [0.15, 0.2) is 5.16 Å². The first-order valence-electron chi connectivity index (χ1n) is 5.42. The minimum atomic E-state index is -0.666. The molecule has 6 nitrogen and oxygen atoms in total. The molecule has 0 radical (unpaired) electrons. The molecule has 0 bridgehead atoms. The number of oxime groups is 1. The zero-order chi connectivity index (χ0) is 12.2. The van der Waals surface area contributed by atoms with Crippen LogP contribution in [0.4, 0.5) is 0 Å². The fourth-order valence-electron chi connectivity index (χ4n) is 1.58. The topological polar surface area (TPSA) is 111 Å². The van der Waals surface area contributed by atoms with Gasteiger partial charge in [0.25, 0.3) is 0 Å². The molecule has 6 heteroatoms. The zero-order valence-corrected chi connectivity index (χ0v) is 9.61. The Kier molecular flexibility index (Phi) is 4.12. The Bertz CT molecular complexity index is 260. The maximum absolute atomic E-state index is 9.12. The molecule has 16 heavy (non-hydrogen) atoms. The normalized spacial score (nSPS) is 19.8. The monoisotopic (exact) mass is 231 g/mol. The smallest absolute Gasteiger partial charge is 0.139 e. The van der Waals surface area contributed by atoms with E-state index in [1.807, 2.05) is 0 Å². The van der Waals surface area contributed by atoms with E-state index in [1.165, 1.54) is 0 Å². The molecular formula is C10H21N3O3. The summed E-state index contributed by atoms with van der Waals surface area (Å²) in [6.07, 6.45) is 2.58. The molecule has 0 unspecified atom stereocenters.